The number of aliphatic imine (C=N–C) groups is 2. The van der Waals surface area contributed by atoms with E-state index < -0.39 is 35.7 Å². The third-order valence-electron chi connectivity index (χ3n) is 8.87. The predicted molar refractivity (Wildman–Crippen MR) is 206 cm³/mol. The van der Waals surface area contributed by atoms with Gasteiger partial charge >= 0.3 is 0 Å². The zero-order valence-electron chi connectivity index (χ0n) is 29.9. The minimum Gasteiger partial charge on any atom is -0.370 e. The number of rotatable bonds is 22. The molecule has 3 rings (SSSR count). The molecule has 0 fully saturated rings. The summed E-state index contributed by atoms with van der Waals surface area (Å²) in [6.45, 7) is 2.48. The lowest BCUT2D eigenvalue weighted by Gasteiger charge is -2.24. The number of guanidine groups is 2. The van der Waals surface area contributed by atoms with E-state index in [9.17, 15) is 19.2 Å². The molecule has 0 aliphatic heterocycles. The molecule has 52 heavy (non-hydrogen) atoms. The van der Waals surface area contributed by atoms with Gasteiger partial charge in [-0.05, 0) is 67.7 Å². The van der Waals surface area contributed by atoms with Crippen LogP contribution < -0.4 is 39.7 Å². The molecular weight excluding hydrogens is 658 g/mol. The maximum Gasteiger partial charge on any atom is 0.224 e. The topological polar surface area (TPSA) is 261 Å². The normalized spacial score (nSPS) is 13.2. The van der Waals surface area contributed by atoms with Crippen LogP contribution in [0.4, 0.5) is 0 Å². The molecule has 13 heteroatoms. The van der Waals surface area contributed by atoms with Crippen LogP contribution in [0, 0.1) is 18.8 Å². The van der Waals surface area contributed by atoms with Crippen LogP contribution in [0.25, 0.3) is 11.1 Å². The van der Waals surface area contributed by atoms with E-state index in [-0.39, 0.29) is 68.7 Å². The van der Waals surface area contributed by atoms with Gasteiger partial charge in [-0.3, -0.25) is 29.2 Å². The van der Waals surface area contributed by atoms with E-state index in [0.29, 0.717) is 19.3 Å². The molecule has 278 valence electrons. The van der Waals surface area contributed by atoms with Gasteiger partial charge in [-0.1, -0.05) is 84.4 Å². The second-order valence-corrected chi connectivity index (χ2v) is 13.2. The summed E-state index contributed by atoms with van der Waals surface area (Å²) in [6, 6.07) is 23.5. The SMILES string of the molecule is Cc1ccc(C[C@H](NC(=O)[C@H](CCCN=C(N)N)CC(=O)[C@@H](N)Cc2ccc(-c3ccccc3)cc2)C(=O)C[C@@H](CCCN=C(N)N)C(N)=O)cc1. The van der Waals surface area contributed by atoms with Crippen molar-refractivity contribution in [2.24, 2.45) is 56.2 Å². The lowest BCUT2D eigenvalue weighted by atomic mass is 9.89. The number of nitrogens with one attached hydrogen (secondary N) is 1. The summed E-state index contributed by atoms with van der Waals surface area (Å²) < 4.78 is 0. The number of benzene rings is 3. The van der Waals surface area contributed by atoms with Crippen molar-refractivity contribution in [3.8, 4) is 11.1 Å². The molecule has 13 N–H and O–H groups in total. The van der Waals surface area contributed by atoms with Crippen LogP contribution in [0.3, 0.4) is 0 Å². The molecule has 0 spiro atoms. The van der Waals surface area contributed by atoms with Crippen molar-refractivity contribution >= 4 is 35.3 Å². The van der Waals surface area contributed by atoms with E-state index in [1.807, 2.05) is 85.8 Å². The van der Waals surface area contributed by atoms with E-state index in [0.717, 1.165) is 27.8 Å². The van der Waals surface area contributed by atoms with E-state index in [1.165, 1.54) is 0 Å². The Morgan fingerprint density at radius 2 is 1.13 bits per heavy atom. The Labute approximate surface area is 305 Å². The number of ketones is 2. The maximum atomic E-state index is 13.9. The molecule has 3 aromatic rings. The van der Waals surface area contributed by atoms with E-state index in [4.69, 9.17) is 34.4 Å². The standard InChI is InChI=1S/C39H53N9O4/c1-25-11-13-27(14-12-25)22-33(35(50)23-30(36(41)51)9-5-19-46-38(42)43)48-37(52)31(10-6-20-47-39(44)45)24-34(49)32(40)21-26-15-17-29(18-16-26)28-7-3-2-4-8-28/h2-4,7-8,11-18,30-33H,5-6,9-10,19-24,40H2,1H3,(H2,41,51)(H,48,52)(H4,42,43,46)(H4,44,45,47)/t30-,31-,32+,33+/m1/s1. The zero-order valence-corrected chi connectivity index (χ0v) is 29.9. The Morgan fingerprint density at radius 1 is 0.635 bits per heavy atom. The number of aryl methyl sites for hydroxylation is 1. The third-order valence-corrected chi connectivity index (χ3v) is 8.87. The highest BCUT2D eigenvalue weighted by atomic mass is 16.2. The van der Waals surface area contributed by atoms with E-state index in [1.54, 1.807) is 0 Å². The monoisotopic (exact) mass is 711 g/mol. The van der Waals surface area contributed by atoms with Gasteiger partial charge in [0.25, 0.3) is 0 Å². The summed E-state index contributed by atoms with van der Waals surface area (Å²) in [5.41, 5.74) is 38.7. The number of hydrogen-bond donors (Lipinski definition) is 7. The summed E-state index contributed by atoms with van der Waals surface area (Å²) in [4.78, 5) is 61.5. The van der Waals surface area contributed by atoms with Gasteiger partial charge in [0.15, 0.2) is 23.5 Å². The van der Waals surface area contributed by atoms with Crippen molar-refractivity contribution in [3.63, 3.8) is 0 Å². The number of nitrogens with two attached hydrogens (primary N) is 6. The van der Waals surface area contributed by atoms with Crippen LogP contribution >= 0.6 is 0 Å². The number of amides is 2. The molecule has 4 atom stereocenters. The van der Waals surface area contributed by atoms with Crippen molar-refractivity contribution in [1.29, 1.82) is 0 Å². The summed E-state index contributed by atoms with van der Waals surface area (Å²) >= 11 is 0. The molecule has 0 saturated heterocycles. The predicted octanol–water partition coefficient (Wildman–Crippen LogP) is 2.00. The van der Waals surface area contributed by atoms with Crippen molar-refractivity contribution < 1.29 is 19.2 Å². The molecule has 0 bridgehead atoms. The molecule has 0 unspecified atom stereocenters. The number of carbonyl (C=O) groups excluding carboxylic acids is 4. The summed E-state index contributed by atoms with van der Waals surface area (Å²) in [6.07, 6.45) is 1.55. The summed E-state index contributed by atoms with van der Waals surface area (Å²) in [5, 5.41) is 2.90. The zero-order chi connectivity index (χ0) is 38.0. The maximum absolute atomic E-state index is 13.9. The smallest absolute Gasteiger partial charge is 0.224 e. The Bertz CT molecular complexity index is 1670. The average molecular weight is 712 g/mol. The Kier molecular flexibility index (Phi) is 16.5. The summed E-state index contributed by atoms with van der Waals surface area (Å²) in [7, 11) is 0. The molecular formula is C39H53N9O4. The summed E-state index contributed by atoms with van der Waals surface area (Å²) in [5.74, 6) is -3.51. The van der Waals surface area contributed by atoms with Crippen LogP contribution in [-0.2, 0) is 32.0 Å². The van der Waals surface area contributed by atoms with Crippen LogP contribution in [0.15, 0.2) is 88.8 Å². The Balaban J connectivity index is 1.77. The number of hydrogen-bond acceptors (Lipinski definition) is 7. The largest absolute Gasteiger partial charge is 0.370 e. The van der Waals surface area contributed by atoms with Gasteiger partial charge < -0.3 is 39.7 Å². The fourth-order valence-corrected chi connectivity index (χ4v) is 5.87. The van der Waals surface area contributed by atoms with Crippen molar-refractivity contribution in [2.45, 2.75) is 70.4 Å². The average Bonchev–Trinajstić information content (AvgIpc) is 3.11. The van der Waals surface area contributed by atoms with E-state index in [2.05, 4.69) is 15.3 Å². The van der Waals surface area contributed by atoms with E-state index >= 15 is 0 Å². The number of primary amides is 1. The van der Waals surface area contributed by atoms with Gasteiger partial charge in [0.05, 0.1) is 12.1 Å². The Morgan fingerprint density at radius 3 is 1.69 bits per heavy atom. The van der Waals surface area contributed by atoms with Crippen LogP contribution in [0.5, 0.6) is 0 Å². The first-order valence-corrected chi connectivity index (χ1v) is 17.5. The molecule has 0 aliphatic rings. The minimum absolute atomic E-state index is 0.0719. The van der Waals surface area contributed by atoms with Gasteiger partial charge in [0.1, 0.15) is 0 Å². The van der Waals surface area contributed by atoms with Crippen LogP contribution in [0.2, 0.25) is 0 Å². The molecule has 3 aromatic carbocycles. The van der Waals surface area contributed by atoms with Crippen LogP contribution in [0.1, 0.15) is 55.2 Å². The van der Waals surface area contributed by atoms with Gasteiger partial charge in [0, 0.05) is 37.8 Å². The second kappa shape index (κ2) is 21.0. The highest BCUT2D eigenvalue weighted by Crippen LogP contribution is 2.21. The lowest BCUT2D eigenvalue weighted by molar-refractivity contribution is -0.134. The minimum atomic E-state index is -0.984. The first-order chi connectivity index (χ1) is 24.8. The second-order valence-electron chi connectivity index (χ2n) is 13.2. The highest BCUT2D eigenvalue weighted by Gasteiger charge is 2.31. The number of nitrogens with zero attached hydrogens (tertiary/aromatic N) is 2. The van der Waals surface area contributed by atoms with Crippen molar-refractivity contribution in [3.05, 3.63) is 95.6 Å². The van der Waals surface area contributed by atoms with Crippen molar-refractivity contribution in [2.75, 3.05) is 13.1 Å². The number of carbonyl (C=O) groups is 4. The molecule has 0 aliphatic carbocycles. The Hall–Kier alpha value is -5.56. The third kappa shape index (κ3) is 14.4. The van der Waals surface area contributed by atoms with Crippen molar-refractivity contribution in [1.82, 2.24) is 5.32 Å². The molecule has 2 amide bonds. The van der Waals surface area contributed by atoms with Gasteiger partial charge in [0.2, 0.25) is 11.8 Å². The fraction of sp³-hybridized carbons (Fsp3) is 0.385. The number of Topliss-reactive ketones (excluding diaryl/α,β-unsaturated/α-hetero) is 2. The molecule has 13 nitrogen and oxygen atoms in total. The molecule has 0 heterocycles. The fourth-order valence-electron chi connectivity index (χ4n) is 5.87. The first kappa shape index (κ1) is 40.9. The molecule has 0 aromatic heterocycles. The first-order valence-electron chi connectivity index (χ1n) is 17.5. The van der Waals surface area contributed by atoms with Gasteiger partial charge in [-0.15, -0.1) is 0 Å². The molecule has 0 saturated carbocycles. The van der Waals surface area contributed by atoms with Crippen LogP contribution in [-0.4, -0.2) is 60.5 Å². The quantitative estimate of drug-likeness (QED) is 0.0456. The molecule has 0 radical (unpaired) electrons. The van der Waals surface area contributed by atoms with Gasteiger partial charge in [-0.25, -0.2) is 0 Å². The lowest BCUT2D eigenvalue weighted by Crippen LogP contribution is -2.47. The highest BCUT2D eigenvalue weighted by molar-refractivity contribution is 5.94. The van der Waals surface area contributed by atoms with Gasteiger partial charge in [-0.2, -0.15) is 0 Å².